The van der Waals surface area contributed by atoms with Crippen LogP contribution in [0.2, 0.25) is 0 Å². The van der Waals surface area contributed by atoms with Crippen molar-refractivity contribution < 1.29 is 0 Å². The van der Waals surface area contributed by atoms with Crippen molar-refractivity contribution in [2.75, 3.05) is 0 Å². The van der Waals surface area contributed by atoms with E-state index in [1.807, 2.05) is 0 Å². The van der Waals surface area contributed by atoms with Crippen LogP contribution in [0.5, 0.6) is 0 Å². The molecule has 0 aliphatic heterocycles. The van der Waals surface area contributed by atoms with E-state index in [0.717, 1.165) is 5.92 Å². The molecule has 0 spiro atoms. The quantitative estimate of drug-likeness (QED) is 0.430. The minimum absolute atomic E-state index is 0.407. The molecule has 0 nitrogen and oxygen atoms in total. The summed E-state index contributed by atoms with van der Waals surface area (Å²) in [5, 5.41) is 0.407. The van der Waals surface area contributed by atoms with Crippen LogP contribution in [0.1, 0.15) is 80.9 Å². The van der Waals surface area contributed by atoms with Crippen LogP contribution in [0.15, 0.2) is 18.2 Å². The van der Waals surface area contributed by atoms with Crippen molar-refractivity contribution >= 4 is 11.6 Å². The average Bonchev–Trinajstić information content (AvgIpc) is 3.09. The fraction of sp³-hybridized carbons (Fsp3) is 0.700. The minimum Gasteiger partial charge on any atom is -0.123 e. The lowest BCUT2D eigenvalue weighted by molar-refractivity contribution is 0.428. The molecule has 0 saturated heterocycles. The maximum atomic E-state index is 6.65. The highest BCUT2D eigenvalue weighted by atomic mass is 35.5. The summed E-state index contributed by atoms with van der Waals surface area (Å²) >= 11 is 6.65. The fourth-order valence-electron chi connectivity index (χ4n) is 4.44. The van der Waals surface area contributed by atoms with Gasteiger partial charge < -0.3 is 0 Å². The summed E-state index contributed by atoms with van der Waals surface area (Å²) in [7, 11) is 0. The first kappa shape index (κ1) is 15.4. The molecule has 3 unspecified atom stereocenters. The van der Waals surface area contributed by atoms with Crippen LogP contribution in [-0.2, 0) is 12.8 Å². The molecule has 116 valence electrons. The molecule has 21 heavy (non-hydrogen) atoms. The van der Waals surface area contributed by atoms with Gasteiger partial charge in [-0.05, 0) is 67.1 Å². The number of halogens is 1. The zero-order valence-corrected chi connectivity index (χ0v) is 14.2. The molecular weight excluding hydrogens is 276 g/mol. The lowest BCUT2D eigenvalue weighted by Gasteiger charge is -2.23. The number of alkyl halides is 1. The maximum Gasteiger partial charge on any atom is 0.0370 e. The lowest BCUT2D eigenvalue weighted by atomic mass is 9.84. The third-order valence-electron chi connectivity index (χ3n) is 5.68. The highest BCUT2D eigenvalue weighted by Crippen LogP contribution is 2.45. The fourth-order valence-corrected chi connectivity index (χ4v) is 4.87. The van der Waals surface area contributed by atoms with E-state index in [4.69, 9.17) is 11.6 Å². The Morgan fingerprint density at radius 3 is 2.76 bits per heavy atom. The largest absolute Gasteiger partial charge is 0.123 e. The Morgan fingerprint density at radius 1 is 1.05 bits per heavy atom. The number of fused-ring (bicyclic) bond motifs is 1. The summed E-state index contributed by atoms with van der Waals surface area (Å²) in [6.07, 6.45) is 13.2. The Kier molecular flexibility index (Phi) is 5.27. The molecule has 0 amide bonds. The van der Waals surface area contributed by atoms with E-state index in [1.54, 1.807) is 16.7 Å². The van der Waals surface area contributed by atoms with E-state index in [9.17, 15) is 0 Å². The molecule has 0 N–H and O–H groups in total. The lowest BCUT2D eigenvalue weighted by Crippen LogP contribution is -2.14. The Hall–Kier alpha value is -0.490. The van der Waals surface area contributed by atoms with Gasteiger partial charge in [0.15, 0.2) is 0 Å². The summed E-state index contributed by atoms with van der Waals surface area (Å²) < 4.78 is 0. The molecule has 2 aliphatic carbocycles. The average molecular weight is 305 g/mol. The number of unbranched alkanes of at least 4 members (excludes halogenated alkanes) is 3. The van der Waals surface area contributed by atoms with Crippen LogP contribution in [-0.4, -0.2) is 5.38 Å². The normalized spacial score (nSPS) is 28.0. The summed E-state index contributed by atoms with van der Waals surface area (Å²) in [6, 6.07) is 7.32. The molecule has 1 fully saturated rings. The first-order valence-electron chi connectivity index (χ1n) is 9.05. The second-order valence-electron chi connectivity index (χ2n) is 7.09. The molecular formula is C20H29Cl. The SMILES string of the molecule is CCCCCCC1C(Cl)CCC1c1ccc2c(c1)CCC2. The van der Waals surface area contributed by atoms with Gasteiger partial charge in [-0.25, -0.2) is 0 Å². The number of benzene rings is 1. The van der Waals surface area contributed by atoms with Gasteiger partial charge in [-0.1, -0.05) is 50.8 Å². The van der Waals surface area contributed by atoms with Gasteiger partial charge in [-0.15, -0.1) is 11.6 Å². The zero-order chi connectivity index (χ0) is 14.7. The summed E-state index contributed by atoms with van der Waals surface area (Å²) in [6.45, 7) is 2.28. The molecule has 1 aromatic carbocycles. The highest BCUT2D eigenvalue weighted by Gasteiger charge is 2.35. The molecule has 0 radical (unpaired) electrons. The molecule has 3 rings (SSSR count). The first-order valence-corrected chi connectivity index (χ1v) is 9.49. The number of hydrogen-bond donors (Lipinski definition) is 0. The van der Waals surface area contributed by atoms with Crippen molar-refractivity contribution in [3.63, 3.8) is 0 Å². The molecule has 2 aliphatic rings. The second-order valence-corrected chi connectivity index (χ2v) is 7.66. The Balaban J connectivity index is 1.67. The van der Waals surface area contributed by atoms with Crippen LogP contribution < -0.4 is 0 Å². The summed E-state index contributed by atoms with van der Waals surface area (Å²) in [4.78, 5) is 0. The second kappa shape index (κ2) is 7.18. The molecule has 3 atom stereocenters. The molecule has 0 heterocycles. The number of rotatable bonds is 6. The third-order valence-corrected chi connectivity index (χ3v) is 6.22. The number of hydrogen-bond acceptors (Lipinski definition) is 0. The smallest absolute Gasteiger partial charge is 0.0370 e. The van der Waals surface area contributed by atoms with Crippen LogP contribution in [0.25, 0.3) is 0 Å². The van der Waals surface area contributed by atoms with Crippen LogP contribution in [0.4, 0.5) is 0 Å². The first-order chi connectivity index (χ1) is 10.3. The van der Waals surface area contributed by atoms with E-state index in [-0.39, 0.29) is 0 Å². The predicted octanol–water partition coefficient (Wildman–Crippen LogP) is 6.25. The third kappa shape index (κ3) is 3.47. The van der Waals surface area contributed by atoms with Crippen molar-refractivity contribution in [3.05, 3.63) is 34.9 Å². The van der Waals surface area contributed by atoms with Crippen molar-refractivity contribution in [1.82, 2.24) is 0 Å². The van der Waals surface area contributed by atoms with E-state index in [2.05, 4.69) is 25.1 Å². The van der Waals surface area contributed by atoms with Crippen molar-refractivity contribution in [3.8, 4) is 0 Å². The predicted molar refractivity (Wildman–Crippen MR) is 92.3 cm³/mol. The topological polar surface area (TPSA) is 0 Å². The van der Waals surface area contributed by atoms with E-state index >= 15 is 0 Å². The standard InChI is InChI=1S/C20H29Cl/c1-2-3-4-5-9-19-18(12-13-20(19)21)17-11-10-15-7-6-8-16(15)14-17/h10-11,14,18-20H,2-9,12-13H2,1H3. The monoisotopic (exact) mass is 304 g/mol. The van der Waals surface area contributed by atoms with Gasteiger partial charge in [0.1, 0.15) is 0 Å². The van der Waals surface area contributed by atoms with Gasteiger partial charge in [0.05, 0.1) is 0 Å². The minimum atomic E-state index is 0.407. The Labute approximate surface area is 135 Å². The van der Waals surface area contributed by atoms with E-state index in [1.165, 1.54) is 64.2 Å². The molecule has 0 bridgehead atoms. The van der Waals surface area contributed by atoms with Crippen molar-refractivity contribution in [1.29, 1.82) is 0 Å². The highest BCUT2D eigenvalue weighted by molar-refractivity contribution is 6.21. The van der Waals surface area contributed by atoms with Gasteiger partial charge in [-0.2, -0.15) is 0 Å². The van der Waals surface area contributed by atoms with E-state index in [0.29, 0.717) is 11.3 Å². The van der Waals surface area contributed by atoms with Gasteiger partial charge >= 0.3 is 0 Å². The van der Waals surface area contributed by atoms with Crippen molar-refractivity contribution in [2.45, 2.75) is 82.4 Å². The van der Waals surface area contributed by atoms with E-state index < -0.39 is 0 Å². The van der Waals surface area contributed by atoms with Gasteiger partial charge in [-0.3, -0.25) is 0 Å². The summed E-state index contributed by atoms with van der Waals surface area (Å²) in [5.74, 6) is 1.43. The molecule has 1 saturated carbocycles. The van der Waals surface area contributed by atoms with Crippen LogP contribution in [0.3, 0.4) is 0 Å². The molecule has 1 aromatic rings. The maximum absolute atomic E-state index is 6.65. The van der Waals surface area contributed by atoms with Gasteiger partial charge in [0.2, 0.25) is 0 Å². The van der Waals surface area contributed by atoms with Gasteiger partial charge in [0, 0.05) is 5.38 Å². The molecule has 1 heteroatoms. The van der Waals surface area contributed by atoms with Crippen molar-refractivity contribution in [2.24, 2.45) is 5.92 Å². The Morgan fingerprint density at radius 2 is 1.90 bits per heavy atom. The number of aryl methyl sites for hydroxylation is 2. The zero-order valence-electron chi connectivity index (χ0n) is 13.4. The van der Waals surface area contributed by atoms with Gasteiger partial charge in [0.25, 0.3) is 0 Å². The summed E-state index contributed by atoms with van der Waals surface area (Å²) in [5.41, 5.74) is 4.80. The Bertz CT molecular complexity index is 465. The van der Waals surface area contributed by atoms with Crippen LogP contribution >= 0.6 is 11.6 Å². The van der Waals surface area contributed by atoms with Crippen LogP contribution in [0, 0.1) is 5.92 Å². The molecule has 0 aromatic heterocycles.